The van der Waals surface area contributed by atoms with Crippen LogP contribution < -0.4 is 10.5 Å². The van der Waals surface area contributed by atoms with E-state index in [2.05, 4.69) is 9.71 Å². The average molecular weight is 295 g/mol. The molecule has 20 heavy (non-hydrogen) atoms. The number of anilines is 1. The summed E-state index contributed by atoms with van der Waals surface area (Å²) in [5.41, 5.74) is 5.39. The van der Waals surface area contributed by atoms with Gasteiger partial charge in [-0.15, -0.1) is 0 Å². The summed E-state index contributed by atoms with van der Waals surface area (Å²) in [6.45, 7) is 0. The topological polar surface area (TPSA) is 102 Å². The monoisotopic (exact) mass is 295 g/mol. The Morgan fingerprint density at radius 2 is 1.80 bits per heavy atom. The summed E-state index contributed by atoms with van der Waals surface area (Å²) in [5, 5.41) is 0. The third-order valence-electron chi connectivity index (χ3n) is 2.43. The van der Waals surface area contributed by atoms with Crippen molar-refractivity contribution in [2.45, 2.75) is 4.90 Å². The van der Waals surface area contributed by atoms with Gasteiger partial charge in [-0.1, -0.05) is 0 Å². The van der Waals surface area contributed by atoms with Crippen molar-refractivity contribution < 1.29 is 17.6 Å². The van der Waals surface area contributed by atoms with E-state index >= 15 is 0 Å². The van der Waals surface area contributed by atoms with Gasteiger partial charge in [-0.2, -0.15) is 4.39 Å². The average Bonchev–Trinajstić information content (AvgIpc) is 2.41. The highest BCUT2D eigenvalue weighted by Crippen LogP contribution is 2.16. The molecule has 0 radical (unpaired) electrons. The van der Waals surface area contributed by atoms with Gasteiger partial charge in [0.25, 0.3) is 10.0 Å². The van der Waals surface area contributed by atoms with Gasteiger partial charge in [-0.25, -0.2) is 13.4 Å². The summed E-state index contributed by atoms with van der Waals surface area (Å²) in [6, 6.07) is 7.39. The third-order valence-corrected chi connectivity index (χ3v) is 3.83. The molecular formula is C12H10FN3O3S. The van der Waals surface area contributed by atoms with Crippen molar-refractivity contribution in [1.29, 1.82) is 0 Å². The number of amides is 1. The number of hydrogen-bond donors (Lipinski definition) is 2. The number of rotatable bonds is 4. The number of sulfonamides is 1. The molecule has 0 bridgehead atoms. The molecule has 0 aliphatic rings. The fourth-order valence-electron chi connectivity index (χ4n) is 1.45. The number of carbonyl (C=O) groups is 1. The molecule has 0 atom stereocenters. The molecule has 0 aliphatic carbocycles. The van der Waals surface area contributed by atoms with Crippen LogP contribution in [-0.2, 0) is 10.0 Å². The Bertz CT molecular complexity index is 728. The highest BCUT2D eigenvalue weighted by atomic mass is 32.2. The standard InChI is InChI=1S/C12H10FN3O3S/c13-11-6-3-9(7-15-11)16-20(18,19)10-4-1-8(2-5-10)12(14)17/h1-7,16H,(H2,14,17). The van der Waals surface area contributed by atoms with Crippen LogP contribution in [0.25, 0.3) is 0 Å². The molecular weight excluding hydrogens is 285 g/mol. The Morgan fingerprint density at radius 1 is 1.15 bits per heavy atom. The zero-order valence-electron chi connectivity index (χ0n) is 10.1. The van der Waals surface area contributed by atoms with Gasteiger partial charge in [0, 0.05) is 5.56 Å². The summed E-state index contributed by atoms with van der Waals surface area (Å²) in [6.07, 6.45) is 1.06. The number of primary amides is 1. The lowest BCUT2D eigenvalue weighted by Crippen LogP contribution is -2.14. The van der Waals surface area contributed by atoms with Crippen LogP contribution >= 0.6 is 0 Å². The van der Waals surface area contributed by atoms with Gasteiger partial charge in [-0.05, 0) is 36.4 Å². The highest BCUT2D eigenvalue weighted by Gasteiger charge is 2.14. The predicted octanol–water partition coefficient (Wildman–Crippen LogP) is 1.12. The van der Waals surface area contributed by atoms with E-state index in [4.69, 9.17) is 5.73 Å². The fourth-order valence-corrected chi connectivity index (χ4v) is 2.49. The SMILES string of the molecule is NC(=O)c1ccc(S(=O)(=O)Nc2ccc(F)nc2)cc1. The molecule has 0 aliphatic heterocycles. The number of nitrogens with two attached hydrogens (primary N) is 1. The molecule has 6 nitrogen and oxygen atoms in total. The minimum absolute atomic E-state index is 0.0492. The molecule has 2 aromatic rings. The summed E-state index contributed by atoms with van der Waals surface area (Å²) in [4.78, 5) is 14.2. The normalized spacial score (nSPS) is 11.1. The lowest BCUT2D eigenvalue weighted by Gasteiger charge is -2.07. The first-order chi connectivity index (χ1) is 9.38. The second kappa shape index (κ2) is 5.25. The lowest BCUT2D eigenvalue weighted by atomic mass is 10.2. The molecule has 0 unspecified atom stereocenters. The van der Waals surface area contributed by atoms with Crippen LogP contribution in [0.15, 0.2) is 47.5 Å². The number of benzene rings is 1. The van der Waals surface area contributed by atoms with E-state index in [1.807, 2.05) is 0 Å². The van der Waals surface area contributed by atoms with Crippen LogP contribution in [0.1, 0.15) is 10.4 Å². The van der Waals surface area contributed by atoms with Gasteiger partial charge in [0.1, 0.15) is 0 Å². The van der Waals surface area contributed by atoms with Crippen molar-refractivity contribution in [3.63, 3.8) is 0 Å². The Hall–Kier alpha value is -2.48. The minimum Gasteiger partial charge on any atom is -0.366 e. The van der Waals surface area contributed by atoms with Gasteiger partial charge in [-0.3, -0.25) is 9.52 Å². The molecule has 0 spiro atoms. The van der Waals surface area contributed by atoms with Crippen LogP contribution in [0, 0.1) is 5.95 Å². The zero-order valence-corrected chi connectivity index (χ0v) is 10.9. The number of pyridine rings is 1. The molecule has 2 rings (SSSR count). The summed E-state index contributed by atoms with van der Waals surface area (Å²) < 4.78 is 38.9. The highest BCUT2D eigenvalue weighted by molar-refractivity contribution is 7.92. The maximum absolute atomic E-state index is 12.6. The fraction of sp³-hybridized carbons (Fsp3) is 0. The molecule has 1 amide bonds. The summed E-state index contributed by atoms with van der Waals surface area (Å²) in [7, 11) is -3.83. The van der Waals surface area contributed by atoms with Crippen molar-refractivity contribution in [3.05, 3.63) is 54.1 Å². The first-order valence-corrected chi connectivity index (χ1v) is 6.91. The third kappa shape index (κ3) is 3.09. The molecule has 1 heterocycles. The van der Waals surface area contributed by atoms with Gasteiger partial charge < -0.3 is 5.73 Å². The first-order valence-electron chi connectivity index (χ1n) is 5.43. The molecule has 8 heteroatoms. The number of nitrogens with zero attached hydrogens (tertiary/aromatic N) is 1. The van der Waals surface area contributed by atoms with Gasteiger partial charge in [0.15, 0.2) is 0 Å². The maximum atomic E-state index is 12.6. The van der Waals surface area contributed by atoms with Crippen LogP contribution in [0.2, 0.25) is 0 Å². The van der Waals surface area contributed by atoms with Crippen LogP contribution in [0.4, 0.5) is 10.1 Å². The van der Waals surface area contributed by atoms with E-state index in [1.165, 1.54) is 30.3 Å². The minimum atomic E-state index is -3.83. The smallest absolute Gasteiger partial charge is 0.261 e. The van der Waals surface area contributed by atoms with Crippen molar-refractivity contribution in [3.8, 4) is 0 Å². The predicted molar refractivity (Wildman–Crippen MR) is 70.0 cm³/mol. The number of carbonyl (C=O) groups excluding carboxylic acids is 1. The summed E-state index contributed by atoms with van der Waals surface area (Å²) >= 11 is 0. The van der Waals surface area contributed by atoms with Gasteiger partial charge in [0.05, 0.1) is 16.8 Å². The molecule has 0 fully saturated rings. The van der Waals surface area contributed by atoms with E-state index < -0.39 is 21.9 Å². The van der Waals surface area contributed by atoms with E-state index in [9.17, 15) is 17.6 Å². The number of hydrogen-bond acceptors (Lipinski definition) is 4. The summed E-state index contributed by atoms with van der Waals surface area (Å²) in [5.74, 6) is -1.36. The van der Waals surface area contributed by atoms with Gasteiger partial charge in [0.2, 0.25) is 11.9 Å². The largest absolute Gasteiger partial charge is 0.366 e. The lowest BCUT2D eigenvalue weighted by molar-refractivity contribution is 0.1000. The Morgan fingerprint density at radius 3 is 2.30 bits per heavy atom. The molecule has 104 valence electrons. The van der Waals surface area contributed by atoms with E-state index in [1.54, 1.807) is 0 Å². The molecule has 1 aromatic carbocycles. The second-order valence-electron chi connectivity index (χ2n) is 3.86. The molecule has 1 aromatic heterocycles. The zero-order chi connectivity index (χ0) is 14.8. The van der Waals surface area contributed by atoms with Gasteiger partial charge >= 0.3 is 0 Å². The van der Waals surface area contributed by atoms with Crippen molar-refractivity contribution in [2.75, 3.05) is 4.72 Å². The maximum Gasteiger partial charge on any atom is 0.261 e. The van der Waals surface area contributed by atoms with Crippen LogP contribution in [-0.4, -0.2) is 19.3 Å². The van der Waals surface area contributed by atoms with Crippen molar-refractivity contribution in [2.24, 2.45) is 5.73 Å². The van der Waals surface area contributed by atoms with Crippen LogP contribution in [0.5, 0.6) is 0 Å². The number of aromatic nitrogens is 1. The molecule has 3 N–H and O–H groups in total. The number of nitrogens with one attached hydrogen (secondary N) is 1. The number of halogens is 1. The Balaban J connectivity index is 2.26. The second-order valence-corrected chi connectivity index (χ2v) is 5.55. The van der Waals surface area contributed by atoms with E-state index in [-0.39, 0.29) is 16.1 Å². The quantitative estimate of drug-likeness (QED) is 0.825. The van der Waals surface area contributed by atoms with Crippen molar-refractivity contribution in [1.82, 2.24) is 4.98 Å². The van der Waals surface area contributed by atoms with Crippen molar-refractivity contribution >= 4 is 21.6 Å². The molecule has 0 saturated heterocycles. The van der Waals surface area contributed by atoms with E-state index in [0.717, 1.165) is 12.3 Å². The van der Waals surface area contributed by atoms with Crippen LogP contribution in [0.3, 0.4) is 0 Å². The Labute approximate surface area is 114 Å². The molecule has 0 saturated carbocycles. The first kappa shape index (κ1) is 13.9. The van der Waals surface area contributed by atoms with E-state index in [0.29, 0.717) is 0 Å². The Kier molecular flexibility index (Phi) is 3.66.